The molecule has 3 rings (SSSR count). The van der Waals surface area contributed by atoms with Gasteiger partial charge in [0.05, 0.1) is 11.3 Å². The fraction of sp³-hybridized carbons (Fsp3) is 0.381. The predicted molar refractivity (Wildman–Crippen MR) is 117 cm³/mol. The Morgan fingerprint density at radius 2 is 1.96 bits per heavy atom. The van der Waals surface area contributed by atoms with Gasteiger partial charge in [0.25, 0.3) is 0 Å². The molecule has 1 aliphatic heterocycles. The van der Waals surface area contributed by atoms with E-state index in [1.807, 2.05) is 37.4 Å². The quantitative estimate of drug-likeness (QED) is 0.437. The molecule has 150 valence electrons. The number of carbonyl (C=O) groups is 1. The van der Waals surface area contributed by atoms with Gasteiger partial charge in [0.15, 0.2) is 0 Å². The van der Waals surface area contributed by atoms with Crippen molar-refractivity contribution in [1.82, 2.24) is 4.90 Å². The average Bonchev–Trinajstić information content (AvgIpc) is 2.72. The maximum atomic E-state index is 12.6. The van der Waals surface area contributed by atoms with Gasteiger partial charge in [0.2, 0.25) is 0 Å². The van der Waals surface area contributed by atoms with Gasteiger partial charge >= 0.3 is 5.97 Å². The molecule has 1 aliphatic rings. The highest BCUT2D eigenvalue weighted by molar-refractivity contribution is 7.98. The number of thioether (sulfide) groups is 1. The summed E-state index contributed by atoms with van der Waals surface area (Å²) in [6.07, 6.45) is 2.74. The standard InChI is InChI=1S/C21H28N4O2S/c1-4-15-8-9-18(20(28-3)19(15)22)21(26)27-23-16-6-5-7-17(14-16)25-12-10-24(2)11-13-25/h5-9,14,23H,4,10-13,22H2,1-3H3. The highest BCUT2D eigenvalue weighted by atomic mass is 32.2. The minimum Gasteiger partial charge on any atom is -0.398 e. The Bertz CT molecular complexity index is 835. The van der Waals surface area contributed by atoms with Crippen LogP contribution in [0.4, 0.5) is 17.1 Å². The van der Waals surface area contributed by atoms with E-state index in [1.54, 1.807) is 6.07 Å². The second kappa shape index (κ2) is 9.21. The number of carbonyl (C=O) groups excluding carboxylic acids is 1. The van der Waals surface area contributed by atoms with E-state index < -0.39 is 5.97 Å². The zero-order valence-corrected chi connectivity index (χ0v) is 17.5. The van der Waals surface area contributed by atoms with Crippen molar-refractivity contribution in [3.8, 4) is 0 Å². The SMILES string of the molecule is CCc1ccc(C(=O)ONc2cccc(N3CCN(C)CC3)c2)c(SC)c1N. The van der Waals surface area contributed by atoms with E-state index in [2.05, 4.69) is 28.4 Å². The van der Waals surface area contributed by atoms with Crippen molar-refractivity contribution in [3.63, 3.8) is 0 Å². The first-order chi connectivity index (χ1) is 13.5. The molecule has 7 heteroatoms. The molecule has 1 heterocycles. The van der Waals surface area contributed by atoms with Crippen molar-refractivity contribution < 1.29 is 9.63 Å². The van der Waals surface area contributed by atoms with Crippen molar-refractivity contribution in [2.24, 2.45) is 0 Å². The molecule has 0 aliphatic carbocycles. The molecule has 0 aromatic heterocycles. The lowest BCUT2D eigenvalue weighted by molar-refractivity contribution is 0.0592. The summed E-state index contributed by atoms with van der Waals surface area (Å²) in [5, 5.41) is 0. The first kappa shape index (κ1) is 20.4. The van der Waals surface area contributed by atoms with Gasteiger partial charge in [0, 0.05) is 42.4 Å². The Morgan fingerprint density at radius 1 is 1.21 bits per heavy atom. The maximum absolute atomic E-state index is 12.6. The Labute approximate surface area is 171 Å². The molecule has 2 aromatic rings. The van der Waals surface area contributed by atoms with Gasteiger partial charge in [-0.1, -0.05) is 19.1 Å². The van der Waals surface area contributed by atoms with Gasteiger partial charge in [0.1, 0.15) is 0 Å². The fourth-order valence-corrected chi connectivity index (χ4v) is 4.04. The molecule has 6 nitrogen and oxygen atoms in total. The average molecular weight is 401 g/mol. The fourth-order valence-electron chi connectivity index (χ4n) is 3.32. The maximum Gasteiger partial charge on any atom is 0.364 e. The molecular weight excluding hydrogens is 372 g/mol. The van der Waals surface area contributed by atoms with E-state index in [-0.39, 0.29) is 0 Å². The number of nitrogens with one attached hydrogen (secondary N) is 1. The van der Waals surface area contributed by atoms with Crippen LogP contribution in [0.2, 0.25) is 0 Å². The van der Waals surface area contributed by atoms with Gasteiger partial charge in [-0.3, -0.25) is 0 Å². The highest BCUT2D eigenvalue weighted by Crippen LogP contribution is 2.31. The number of nitrogen functional groups attached to an aromatic ring is 1. The summed E-state index contributed by atoms with van der Waals surface area (Å²) < 4.78 is 0. The van der Waals surface area contributed by atoms with E-state index in [0.717, 1.165) is 54.4 Å². The normalized spacial score (nSPS) is 14.8. The highest BCUT2D eigenvalue weighted by Gasteiger charge is 2.18. The van der Waals surface area contributed by atoms with Gasteiger partial charge in [-0.05, 0) is 49.6 Å². The number of benzene rings is 2. The number of piperazine rings is 1. The minimum atomic E-state index is -0.441. The summed E-state index contributed by atoms with van der Waals surface area (Å²) in [5.74, 6) is -0.441. The molecule has 28 heavy (non-hydrogen) atoms. The van der Waals surface area contributed by atoms with Crippen molar-refractivity contribution in [1.29, 1.82) is 0 Å². The topological polar surface area (TPSA) is 70.8 Å². The third-order valence-electron chi connectivity index (χ3n) is 5.07. The third kappa shape index (κ3) is 4.54. The van der Waals surface area contributed by atoms with Crippen molar-refractivity contribution in [2.45, 2.75) is 18.2 Å². The summed E-state index contributed by atoms with van der Waals surface area (Å²) in [5.41, 5.74) is 13.0. The van der Waals surface area contributed by atoms with Crippen molar-refractivity contribution in [2.75, 3.05) is 55.6 Å². The van der Waals surface area contributed by atoms with Crippen LogP contribution in [0, 0.1) is 0 Å². The largest absolute Gasteiger partial charge is 0.398 e. The van der Waals surface area contributed by atoms with E-state index in [4.69, 9.17) is 10.6 Å². The van der Waals surface area contributed by atoms with Crippen LogP contribution in [0.15, 0.2) is 41.3 Å². The third-order valence-corrected chi connectivity index (χ3v) is 5.92. The molecule has 0 radical (unpaired) electrons. The van der Waals surface area contributed by atoms with E-state index in [9.17, 15) is 4.79 Å². The van der Waals surface area contributed by atoms with Gasteiger partial charge < -0.3 is 20.4 Å². The number of hydrogen-bond donors (Lipinski definition) is 2. The van der Waals surface area contributed by atoms with Crippen LogP contribution in [0.25, 0.3) is 0 Å². The van der Waals surface area contributed by atoms with Crippen LogP contribution >= 0.6 is 11.8 Å². The number of aryl methyl sites for hydroxylation is 1. The number of likely N-dealkylation sites (N-methyl/N-ethyl adjacent to an activating group) is 1. The van der Waals surface area contributed by atoms with Gasteiger partial charge in [-0.15, -0.1) is 11.8 Å². The minimum absolute atomic E-state index is 0.441. The van der Waals surface area contributed by atoms with Crippen LogP contribution in [-0.2, 0) is 11.3 Å². The molecular formula is C21H28N4O2S. The molecule has 1 saturated heterocycles. The molecule has 1 fully saturated rings. The van der Waals surface area contributed by atoms with Crippen LogP contribution in [-0.4, -0.2) is 50.4 Å². The predicted octanol–water partition coefficient (Wildman–Crippen LogP) is 3.49. The summed E-state index contributed by atoms with van der Waals surface area (Å²) in [6, 6.07) is 11.6. The molecule has 3 N–H and O–H groups in total. The first-order valence-corrected chi connectivity index (χ1v) is 10.7. The molecule has 0 saturated carbocycles. The summed E-state index contributed by atoms with van der Waals surface area (Å²) in [7, 11) is 2.14. The first-order valence-electron chi connectivity index (χ1n) is 9.49. The smallest absolute Gasteiger partial charge is 0.364 e. The Balaban J connectivity index is 1.68. The van der Waals surface area contributed by atoms with Crippen LogP contribution in [0.5, 0.6) is 0 Å². The monoisotopic (exact) mass is 400 g/mol. The summed E-state index contributed by atoms with van der Waals surface area (Å²) in [4.78, 5) is 23.4. The van der Waals surface area contributed by atoms with Gasteiger partial charge in [-0.25, -0.2) is 10.3 Å². The molecule has 0 atom stereocenters. The van der Waals surface area contributed by atoms with Gasteiger partial charge in [-0.2, -0.15) is 0 Å². The lowest BCUT2D eigenvalue weighted by Gasteiger charge is -2.34. The summed E-state index contributed by atoms with van der Waals surface area (Å²) in [6.45, 7) is 6.10. The van der Waals surface area contributed by atoms with Crippen molar-refractivity contribution >= 4 is 34.8 Å². The molecule has 0 spiro atoms. The Kier molecular flexibility index (Phi) is 6.70. The second-order valence-corrected chi connectivity index (χ2v) is 7.72. The van der Waals surface area contributed by atoms with E-state index >= 15 is 0 Å². The number of anilines is 3. The molecule has 2 aromatic carbocycles. The number of nitrogens with two attached hydrogens (primary N) is 1. The lowest BCUT2D eigenvalue weighted by atomic mass is 10.1. The zero-order chi connectivity index (χ0) is 20.1. The van der Waals surface area contributed by atoms with E-state index in [1.165, 1.54) is 11.8 Å². The molecule has 0 unspecified atom stereocenters. The van der Waals surface area contributed by atoms with E-state index in [0.29, 0.717) is 11.3 Å². The summed E-state index contributed by atoms with van der Waals surface area (Å²) >= 11 is 1.46. The molecule has 0 bridgehead atoms. The Morgan fingerprint density at radius 3 is 2.64 bits per heavy atom. The van der Waals surface area contributed by atoms with Crippen molar-refractivity contribution in [3.05, 3.63) is 47.5 Å². The lowest BCUT2D eigenvalue weighted by Crippen LogP contribution is -2.44. The number of nitrogens with zero attached hydrogens (tertiary/aromatic N) is 2. The molecule has 0 amide bonds. The Hall–Kier alpha value is -2.38. The van der Waals surface area contributed by atoms with Crippen LogP contribution < -0.4 is 16.1 Å². The number of rotatable bonds is 6. The second-order valence-electron chi connectivity index (χ2n) is 6.90. The zero-order valence-electron chi connectivity index (χ0n) is 16.7. The van der Waals surface area contributed by atoms with Crippen LogP contribution in [0.1, 0.15) is 22.8 Å². The number of hydrogen-bond acceptors (Lipinski definition) is 7. The van der Waals surface area contributed by atoms with Crippen LogP contribution in [0.3, 0.4) is 0 Å².